The number of carbonyl (C=O) groups is 1. The zero-order valence-electron chi connectivity index (χ0n) is 13.6. The SMILES string of the molecule is O=C(CCc1nnc(-c2ccccc2)o1)NCCc1cccc(F)c1. The van der Waals surface area contributed by atoms with Gasteiger partial charge in [-0.15, -0.1) is 10.2 Å². The predicted molar refractivity (Wildman–Crippen MR) is 91.2 cm³/mol. The summed E-state index contributed by atoms with van der Waals surface area (Å²) in [6.45, 7) is 0.460. The molecule has 1 heterocycles. The van der Waals surface area contributed by atoms with E-state index in [0.29, 0.717) is 31.2 Å². The van der Waals surface area contributed by atoms with Crippen molar-refractivity contribution in [3.63, 3.8) is 0 Å². The van der Waals surface area contributed by atoms with Crippen LogP contribution in [0.1, 0.15) is 17.9 Å². The Labute approximate surface area is 144 Å². The zero-order chi connectivity index (χ0) is 17.5. The molecule has 0 aliphatic rings. The van der Waals surface area contributed by atoms with E-state index in [1.807, 2.05) is 36.4 Å². The highest BCUT2D eigenvalue weighted by Crippen LogP contribution is 2.17. The van der Waals surface area contributed by atoms with E-state index in [0.717, 1.165) is 11.1 Å². The summed E-state index contributed by atoms with van der Waals surface area (Å²) in [5, 5.41) is 10.8. The molecule has 0 saturated carbocycles. The normalized spacial score (nSPS) is 10.6. The molecule has 25 heavy (non-hydrogen) atoms. The fraction of sp³-hybridized carbons (Fsp3) is 0.211. The third-order valence-corrected chi connectivity index (χ3v) is 3.68. The molecule has 0 saturated heterocycles. The lowest BCUT2D eigenvalue weighted by atomic mass is 10.1. The molecule has 1 amide bonds. The Kier molecular flexibility index (Phi) is 5.51. The first-order chi connectivity index (χ1) is 12.2. The smallest absolute Gasteiger partial charge is 0.247 e. The predicted octanol–water partition coefficient (Wildman–Crippen LogP) is 3.17. The van der Waals surface area contributed by atoms with Crippen molar-refractivity contribution in [2.45, 2.75) is 19.3 Å². The molecule has 3 rings (SSSR count). The first-order valence-corrected chi connectivity index (χ1v) is 8.09. The number of nitrogens with zero attached hydrogens (tertiary/aromatic N) is 2. The summed E-state index contributed by atoms with van der Waals surface area (Å²) < 4.78 is 18.6. The quantitative estimate of drug-likeness (QED) is 0.718. The number of nitrogens with one attached hydrogen (secondary N) is 1. The Hall–Kier alpha value is -3.02. The molecule has 0 radical (unpaired) electrons. The second kappa shape index (κ2) is 8.19. The highest BCUT2D eigenvalue weighted by atomic mass is 19.1. The molecule has 0 bridgehead atoms. The van der Waals surface area contributed by atoms with Gasteiger partial charge in [-0.05, 0) is 36.2 Å². The summed E-state index contributed by atoms with van der Waals surface area (Å²) in [5.41, 5.74) is 1.70. The molecular formula is C19H18FN3O2. The molecule has 0 unspecified atom stereocenters. The van der Waals surface area contributed by atoms with Crippen LogP contribution in [-0.4, -0.2) is 22.6 Å². The van der Waals surface area contributed by atoms with Gasteiger partial charge in [0.25, 0.3) is 0 Å². The van der Waals surface area contributed by atoms with Gasteiger partial charge >= 0.3 is 0 Å². The molecule has 0 fully saturated rings. The van der Waals surface area contributed by atoms with Gasteiger partial charge in [-0.25, -0.2) is 4.39 Å². The monoisotopic (exact) mass is 339 g/mol. The van der Waals surface area contributed by atoms with E-state index >= 15 is 0 Å². The van der Waals surface area contributed by atoms with E-state index in [4.69, 9.17) is 4.42 Å². The Morgan fingerprint density at radius 3 is 2.68 bits per heavy atom. The van der Waals surface area contributed by atoms with E-state index in [9.17, 15) is 9.18 Å². The third-order valence-electron chi connectivity index (χ3n) is 3.68. The van der Waals surface area contributed by atoms with Crippen LogP contribution in [0.15, 0.2) is 59.0 Å². The number of rotatable bonds is 7. The van der Waals surface area contributed by atoms with E-state index in [-0.39, 0.29) is 18.1 Å². The van der Waals surface area contributed by atoms with Crippen LogP contribution < -0.4 is 5.32 Å². The lowest BCUT2D eigenvalue weighted by molar-refractivity contribution is -0.121. The van der Waals surface area contributed by atoms with Gasteiger partial charge in [0.1, 0.15) is 5.82 Å². The third kappa shape index (κ3) is 4.97. The van der Waals surface area contributed by atoms with Gasteiger partial charge in [-0.3, -0.25) is 4.79 Å². The first-order valence-electron chi connectivity index (χ1n) is 8.09. The second-order valence-corrected chi connectivity index (χ2v) is 5.60. The summed E-state index contributed by atoms with van der Waals surface area (Å²) in [6.07, 6.45) is 1.23. The number of carbonyl (C=O) groups excluding carboxylic acids is 1. The largest absolute Gasteiger partial charge is 0.421 e. The number of benzene rings is 2. The van der Waals surface area contributed by atoms with E-state index in [1.54, 1.807) is 6.07 Å². The lowest BCUT2D eigenvalue weighted by Gasteiger charge is -2.04. The maximum atomic E-state index is 13.1. The van der Waals surface area contributed by atoms with Crippen molar-refractivity contribution in [1.82, 2.24) is 15.5 Å². The standard InChI is InChI=1S/C19H18FN3O2/c20-16-8-4-5-14(13-16)11-12-21-17(24)9-10-18-22-23-19(25-18)15-6-2-1-3-7-15/h1-8,13H,9-12H2,(H,21,24). The number of hydrogen-bond donors (Lipinski definition) is 1. The van der Waals surface area contributed by atoms with Crippen LogP contribution in [0.25, 0.3) is 11.5 Å². The maximum absolute atomic E-state index is 13.1. The van der Waals surface area contributed by atoms with Gasteiger partial charge in [-0.1, -0.05) is 30.3 Å². The van der Waals surface area contributed by atoms with Gasteiger partial charge in [0, 0.05) is 24.9 Å². The van der Waals surface area contributed by atoms with E-state index in [1.165, 1.54) is 12.1 Å². The molecule has 0 aliphatic carbocycles. The van der Waals surface area contributed by atoms with Crippen LogP contribution >= 0.6 is 0 Å². The highest BCUT2D eigenvalue weighted by molar-refractivity contribution is 5.76. The molecule has 0 aliphatic heterocycles. The van der Waals surface area contributed by atoms with Crippen LogP contribution in [0.5, 0.6) is 0 Å². The van der Waals surface area contributed by atoms with E-state index < -0.39 is 0 Å². The van der Waals surface area contributed by atoms with Crippen molar-refractivity contribution in [2.24, 2.45) is 0 Å². The maximum Gasteiger partial charge on any atom is 0.247 e. The molecule has 0 spiro atoms. The van der Waals surface area contributed by atoms with Crippen molar-refractivity contribution in [3.05, 3.63) is 71.9 Å². The summed E-state index contributed by atoms with van der Waals surface area (Å²) in [6, 6.07) is 15.8. The Bertz CT molecular complexity index is 833. The topological polar surface area (TPSA) is 68.0 Å². The molecule has 5 nitrogen and oxygen atoms in total. The molecular weight excluding hydrogens is 321 g/mol. The van der Waals surface area contributed by atoms with Gasteiger partial charge < -0.3 is 9.73 Å². The fourth-order valence-electron chi connectivity index (χ4n) is 2.40. The van der Waals surface area contributed by atoms with Crippen LogP contribution in [0.2, 0.25) is 0 Å². The van der Waals surface area contributed by atoms with Crippen LogP contribution in [0, 0.1) is 5.82 Å². The Morgan fingerprint density at radius 1 is 1.04 bits per heavy atom. The van der Waals surface area contributed by atoms with Crippen LogP contribution in [0.4, 0.5) is 4.39 Å². The van der Waals surface area contributed by atoms with Gasteiger partial charge in [-0.2, -0.15) is 0 Å². The minimum absolute atomic E-state index is 0.101. The van der Waals surface area contributed by atoms with Crippen LogP contribution in [-0.2, 0) is 17.6 Å². The second-order valence-electron chi connectivity index (χ2n) is 5.60. The Balaban J connectivity index is 1.43. The number of halogens is 1. The van der Waals surface area contributed by atoms with Gasteiger partial charge in [0.15, 0.2) is 0 Å². The minimum atomic E-state index is -0.269. The molecule has 3 aromatic rings. The van der Waals surface area contributed by atoms with Crippen molar-refractivity contribution >= 4 is 5.91 Å². The van der Waals surface area contributed by atoms with Crippen LogP contribution in [0.3, 0.4) is 0 Å². The Morgan fingerprint density at radius 2 is 1.88 bits per heavy atom. The summed E-state index contributed by atoms with van der Waals surface area (Å²) in [7, 11) is 0. The molecule has 128 valence electrons. The van der Waals surface area contributed by atoms with Gasteiger partial charge in [0.2, 0.25) is 17.7 Å². The first kappa shape index (κ1) is 16.8. The van der Waals surface area contributed by atoms with Crippen molar-refractivity contribution in [3.8, 4) is 11.5 Å². The molecule has 1 N–H and O–H groups in total. The number of hydrogen-bond acceptors (Lipinski definition) is 4. The van der Waals surface area contributed by atoms with Crippen molar-refractivity contribution in [2.75, 3.05) is 6.54 Å². The van der Waals surface area contributed by atoms with Crippen molar-refractivity contribution in [1.29, 1.82) is 0 Å². The summed E-state index contributed by atoms with van der Waals surface area (Å²) in [4.78, 5) is 11.9. The summed E-state index contributed by atoms with van der Waals surface area (Å²) >= 11 is 0. The van der Waals surface area contributed by atoms with Crippen molar-refractivity contribution < 1.29 is 13.6 Å². The van der Waals surface area contributed by atoms with E-state index in [2.05, 4.69) is 15.5 Å². The average Bonchev–Trinajstić information content (AvgIpc) is 3.10. The van der Waals surface area contributed by atoms with Gasteiger partial charge in [0.05, 0.1) is 0 Å². The lowest BCUT2D eigenvalue weighted by Crippen LogP contribution is -2.25. The highest BCUT2D eigenvalue weighted by Gasteiger charge is 2.10. The number of amides is 1. The fourth-order valence-corrected chi connectivity index (χ4v) is 2.40. The number of aryl methyl sites for hydroxylation is 1. The molecule has 0 atom stereocenters. The molecule has 2 aromatic carbocycles. The average molecular weight is 339 g/mol. The number of aromatic nitrogens is 2. The molecule has 1 aromatic heterocycles. The summed E-state index contributed by atoms with van der Waals surface area (Å²) in [5.74, 6) is 0.506. The molecule has 6 heteroatoms. The minimum Gasteiger partial charge on any atom is -0.421 e. The zero-order valence-corrected chi connectivity index (χ0v) is 13.6.